The molecule has 2 aliphatic heterocycles. The summed E-state index contributed by atoms with van der Waals surface area (Å²) in [6, 6.07) is 0. The molecular formula is C11H16O3. The number of ether oxygens (including phenoxy) is 2. The minimum absolute atomic E-state index is 0.164. The third kappa shape index (κ3) is 1.82. The van der Waals surface area contributed by atoms with Gasteiger partial charge in [0.2, 0.25) is 0 Å². The molecule has 3 nitrogen and oxygen atoms in total. The van der Waals surface area contributed by atoms with Crippen LogP contribution in [-0.2, 0) is 14.3 Å². The van der Waals surface area contributed by atoms with Crippen LogP contribution < -0.4 is 0 Å². The number of carbonyl (C=O) groups excluding carboxylic acids is 1. The Balaban J connectivity index is 2.14. The van der Waals surface area contributed by atoms with E-state index in [0.29, 0.717) is 6.42 Å². The Morgan fingerprint density at radius 1 is 1.36 bits per heavy atom. The normalized spacial score (nSPS) is 42.6. The lowest BCUT2D eigenvalue weighted by molar-refractivity contribution is -0.151. The van der Waals surface area contributed by atoms with Crippen LogP contribution in [0.25, 0.3) is 0 Å². The van der Waals surface area contributed by atoms with Crippen molar-refractivity contribution < 1.29 is 14.3 Å². The van der Waals surface area contributed by atoms with Crippen molar-refractivity contribution in [3.05, 3.63) is 12.3 Å². The van der Waals surface area contributed by atoms with Gasteiger partial charge in [-0.2, -0.15) is 0 Å². The fourth-order valence-corrected chi connectivity index (χ4v) is 2.54. The van der Waals surface area contributed by atoms with Crippen molar-refractivity contribution in [3.8, 4) is 0 Å². The zero-order valence-electron chi connectivity index (χ0n) is 8.66. The maximum absolute atomic E-state index is 11.3. The summed E-state index contributed by atoms with van der Waals surface area (Å²) in [5, 5.41) is 0. The lowest BCUT2D eigenvalue weighted by Crippen LogP contribution is -2.46. The smallest absolute Gasteiger partial charge is 0.162 e. The van der Waals surface area contributed by atoms with Crippen LogP contribution in [0.15, 0.2) is 12.3 Å². The molecule has 2 rings (SSSR count). The SMILES string of the molecule is CC1CC2(CC(=O)C=CO2)CC(C)O1. The molecule has 78 valence electrons. The summed E-state index contributed by atoms with van der Waals surface area (Å²) in [5.41, 5.74) is -0.289. The Labute approximate surface area is 84.1 Å². The summed E-state index contributed by atoms with van der Waals surface area (Å²) < 4.78 is 11.3. The van der Waals surface area contributed by atoms with E-state index in [2.05, 4.69) is 0 Å². The standard InChI is InChI=1S/C11H16O3/c1-8-5-11(6-9(2)14-8)7-10(12)3-4-13-11/h3-4,8-9H,5-7H2,1-2H3. The van der Waals surface area contributed by atoms with E-state index in [-0.39, 0.29) is 23.6 Å². The van der Waals surface area contributed by atoms with E-state index in [0.717, 1.165) is 12.8 Å². The van der Waals surface area contributed by atoms with Crippen molar-refractivity contribution >= 4 is 5.78 Å². The predicted octanol–water partition coefficient (Wildman–Crippen LogP) is 1.82. The molecule has 0 bridgehead atoms. The van der Waals surface area contributed by atoms with E-state index < -0.39 is 0 Å². The van der Waals surface area contributed by atoms with Crippen LogP contribution >= 0.6 is 0 Å². The fourth-order valence-electron chi connectivity index (χ4n) is 2.54. The Bertz CT molecular complexity index is 260. The van der Waals surface area contributed by atoms with Crippen LogP contribution in [0.5, 0.6) is 0 Å². The van der Waals surface area contributed by atoms with Gasteiger partial charge in [-0.25, -0.2) is 0 Å². The molecule has 1 saturated heterocycles. The molecule has 3 heteroatoms. The van der Waals surface area contributed by atoms with Crippen molar-refractivity contribution in [2.45, 2.75) is 50.9 Å². The predicted molar refractivity (Wildman–Crippen MR) is 51.8 cm³/mol. The third-order valence-corrected chi connectivity index (χ3v) is 2.85. The molecule has 0 aromatic heterocycles. The molecule has 2 aliphatic rings. The molecule has 0 radical (unpaired) electrons. The second-order valence-electron chi connectivity index (χ2n) is 4.41. The first-order valence-corrected chi connectivity index (χ1v) is 5.12. The van der Waals surface area contributed by atoms with Gasteiger partial charge in [0, 0.05) is 18.9 Å². The monoisotopic (exact) mass is 196 g/mol. The number of hydrogen-bond donors (Lipinski definition) is 0. The summed E-state index contributed by atoms with van der Waals surface area (Å²) in [6.07, 6.45) is 5.53. The van der Waals surface area contributed by atoms with E-state index in [1.54, 1.807) is 0 Å². The van der Waals surface area contributed by atoms with Gasteiger partial charge in [-0.3, -0.25) is 4.79 Å². The molecule has 1 spiro atoms. The zero-order chi connectivity index (χ0) is 10.2. The van der Waals surface area contributed by atoms with Gasteiger partial charge in [-0.15, -0.1) is 0 Å². The molecule has 0 aromatic carbocycles. The molecule has 14 heavy (non-hydrogen) atoms. The lowest BCUT2D eigenvalue weighted by Gasteiger charge is -2.42. The first-order valence-electron chi connectivity index (χ1n) is 5.12. The van der Waals surface area contributed by atoms with Crippen LogP contribution in [0.1, 0.15) is 33.1 Å². The number of carbonyl (C=O) groups is 1. The van der Waals surface area contributed by atoms with Crippen molar-refractivity contribution in [3.63, 3.8) is 0 Å². The Hall–Kier alpha value is -0.830. The molecule has 0 amide bonds. The Kier molecular flexibility index (Phi) is 2.35. The van der Waals surface area contributed by atoms with Gasteiger partial charge in [0.15, 0.2) is 5.78 Å². The molecular weight excluding hydrogens is 180 g/mol. The second kappa shape index (κ2) is 3.39. The van der Waals surface area contributed by atoms with Crippen molar-refractivity contribution in [2.24, 2.45) is 0 Å². The van der Waals surface area contributed by atoms with Crippen molar-refractivity contribution in [2.75, 3.05) is 0 Å². The average Bonchev–Trinajstić information content (AvgIpc) is 1.99. The minimum atomic E-state index is -0.289. The summed E-state index contributed by atoms with van der Waals surface area (Å²) in [7, 11) is 0. The molecule has 1 fully saturated rings. The maximum atomic E-state index is 11.3. The number of hydrogen-bond acceptors (Lipinski definition) is 3. The largest absolute Gasteiger partial charge is 0.494 e. The van der Waals surface area contributed by atoms with Gasteiger partial charge in [-0.1, -0.05) is 0 Å². The molecule has 0 aliphatic carbocycles. The molecule has 0 aromatic rings. The Morgan fingerprint density at radius 2 is 2.00 bits per heavy atom. The molecule has 2 atom stereocenters. The molecule has 2 heterocycles. The van der Waals surface area contributed by atoms with Crippen LogP contribution in [0, 0.1) is 0 Å². The second-order valence-corrected chi connectivity index (χ2v) is 4.41. The maximum Gasteiger partial charge on any atom is 0.162 e. The molecule has 0 N–H and O–H groups in total. The number of allylic oxidation sites excluding steroid dienone is 1. The fraction of sp³-hybridized carbons (Fsp3) is 0.727. The van der Waals surface area contributed by atoms with Crippen LogP contribution in [0.2, 0.25) is 0 Å². The van der Waals surface area contributed by atoms with E-state index in [1.807, 2.05) is 13.8 Å². The van der Waals surface area contributed by atoms with Crippen molar-refractivity contribution in [1.29, 1.82) is 0 Å². The van der Waals surface area contributed by atoms with Gasteiger partial charge in [-0.05, 0) is 13.8 Å². The highest BCUT2D eigenvalue weighted by atomic mass is 16.5. The highest BCUT2D eigenvalue weighted by molar-refractivity contribution is 5.90. The van der Waals surface area contributed by atoms with E-state index in [1.165, 1.54) is 12.3 Å². The van der Waals surface area contributed by atoms with Gasteiger partial charge < -0.3 is 9.47 Å². The average molecular weight is 196 g/mol. The first-order chi connectivity index (χ1) is 6.60. The summed E-state index contributed by atoms with van der Waals surface area (Å²) in [4.78, 5) is 11.3. The van der Waals surface area contributed by atoms with Gasteiger partial charge >= 0.3 is 0 Å². The first kappa shape index (κ1) is 9.71. The van der Waals surface area contributed by atoms with Crippen LogP contribution in [0.3, 0.4) is 0 Å². The summed E-state index contributed by atoms with van der Waals surface area (Å²) in [6.45, 7) is 4.06. The molecule has 2 unspecified atom stereocenters. The minimum Gasteiger partial charge on any atom is -0.494 e. The summed E-state index contributed by atoms with van der Waals surface area (Å²) in [5.74, 6) is 0.164. The van der Waals surface area contributed by atoms with Gasteiger partial charge in [0.05, 0.1) is 24.9 Å². The van der Waals surface area contributed by atoms with E-state index in [4.69, 9.17) is 9.47 Å². The Morgan fingerprint density at radius 3 is 2.57 bits per heavy atom. The highest BCUT2D eigenvalue weighted by Crippen LogP contribution is 2.37. The number of rotatable bonds is 0. The van der Waals surface area contributed by atoms with E-state index >= 15 is 0 Å². The number of ketones is 1. The highest BCUT2D eigenvalue weighted by Gasteiger charge is 2.42. The van der Waals surface area contributed by atoms with Gasteiger partial charge in [0.1, 0.15) is 5.60 Å². The quantitative estimate of drug-likeness (QED) is 0.592. The van der Waals surface area contributed by atoms with Crippen LogP contribution in [-0.4, -0.2) is 23.6 Å². The lowest BCUT2D eigenvalue weighted by atomic mass is 9.82. The third-order valence-electron chi connectivity index (χ3n) is 2.85. The summed E-state index contributed by atoms with van der Waals surface area (Å²) >= 11 is 0. The molecule has 0 saturated carbocycles. The van der Waals surface area contributed by atoms with Crippen LogP contribution in [0.4, 0.5) is 0 Å². The van der Waals surface area contributed by atoms with Gasteiger partial charge in [0.25, 0.3) is 0 Å². The topological polar surface area (TPSA) is 35.5 Å². The van der Waals surface area contributed by atoms with E-state index in [9.17, 15) is 4.79 Å². The van der Waals surface area contributed by atoms with Crippen molar-refractivity contribution in [1.82, 2.24) is 0 Å². The zero-order valence-corrected chi connectivity index (χ0v) is 8.66.